The van der Waals surface area contributed by atoms with E-state index in [-0.39, 0.29) is 24.5 Å². The van der Waals surface area contributed by atoms with Crippen LogP contribution in [0, 0.1) is 17.7 Å². The van der Waals surface area contributed by atoms with Gasteiger partial charge in [-0.2, -0.15) is 5.10 Å². The second kappa shape index (κ2) is 7.22. The number of hydrogen-bond acceptors (Lipinski definition) is 3. The number of hydrogen-bond donors (Lipinski definition) is 2. The average molecular weight is 287 g/mol. The molecule has 0 fully saturated rings. The van der Waals surface area contributed by atoms with Crippen LogP contribution in [-0.2, 0) is 11.3 Å². The smallest absolute Gasteiger partial charge is 0.226 e. The maximum atomic E-state index is 13.7. The molecule has 0 saturated heterocycles. The molecule has 0 unspecified atom stereocenters. The Hall–Kier alpha value is -2.65. The zero-order valence-electron chi connectivity index (χ0n) is 11.2. The molecule has 108 valence electrons. The van der Waals surface area contributed by atoms with Crippen LogP contribution in [0.4, 0.5) is 10.1 Å². The summed E-state index contributed by atoms with van der Waals surface area (Å²) in [5.74, 6) is 4.09. The summed E-state index contributed by atoms with van der Waals surface area (Å²) in [7, 11) is 0. The van der Waals surface area contributed by atoms with Crippen LogP contribution in [0.3, 0.4) is 0 Å². The molecule has 5 nitrogen and oxygen atoms in total. The summed E-state index contributed by atoms with van der Waals surface area (Å²) in [5.41, 5.74) is 0.547. The zero-order chi connectivity index (χ0) is 15.1. The Labute approximate surface area is 121 Å². The van der Waals surface area contributed by atoms with E-state index in [0.717, 1.165) is 0 Å². The summed E-state index contributed by atoms with van der Waals surface area (Å²) in [4.78, 5) is 11.7. The Morgan fingerprint density at radius 1 is 1.48 bits per heavy atom. The van der Waals surface area contributed by atoms with Crippen molar-refractivity contribution in [3.63, 3.8) is 0 Å². The number of halogens is 1. The molecule has 2 rings (SSSR count). The monoisotopic (exact) mass is 287 g/mol. The van der Waals surface area contributed by atoms with Gasteiger partial charge in [0.15, 0.2) is 0 Å². The van der Waals surface area contributed by atoms with Gasteiger partial charge >= 0.3 is 0 Å². The molecule has 1 aromatic carbocycles. The summed E-state index contributed by atoms with van der Waals surface area (Å²) in [6.45, 7) is 0.132. The van der Waals surface area contributed by atoms with Crippen LogP contribution in [0.2, 0.25) is 0 Å². The summed E-state index contributed by atoms with van der Waals surface area (Å²) in [6, 6.07) is 6.00. The zero-order valence-corrected chi connectivity index (χ0v) is 11.2. The van der Waals surface area contributed by atoms with Gasteiger partial charge in [-0.15, -0.1) is 0 Å². The lowest BCUT2D eigenvalue weighted by molar-refractivity contribution is -0.116. The van der Waals surface area contributed by atoms with E-state index < -0.39 is 5.82 Å². The van der Waals surface area contributed by atoms with Crippen molar-refractivity contribution in [3.05, 3.63) is 48.0 Å². The van der Waals surface area contributed by atoms with E-state index in [0.29, 0.717) is 12.2 Å². The lowest BCUT2D eigenvalue weighted by Crippen LogP contribution is -2.14. The number of anilines is 1. The maximum absolute atomic E-state index is 13.7. The van der Waals surface area contributed by atoms with Crippen LogP contribution in [0.15, 0.2) is 36.7 Å². The molecular formula is C15H14FN3O2. The van der Waals surface area contributed by atoms with Crippen LogP contribution in [-0.4, -0.2) is 27.4 Å². The van der Waals surface area contributed by atoms with Crippen molar-refractivity contribution in [2.24, 2.45) is 0 Å². The predicted molar refractivity (Wildman–Crippen MR) is 75.8 cm³/mol. The number of aryl methyl sites for hydroxylation is 1. The largest absolute Gasteiger partial charge is 0.384 e. The molecular weight excluding hydrogens is 273 g/mol. The number of carbonyl (C=O) groups excluding carboxylic acids is 1. The fourth-order valence-electron chi connectivity index (χ4n) is 1.70. The van der Waals surface area contributed by atoms with Crippen molar-refractivity contribution < 1.29 is 14.3 Å². The second-order valence-corrected chi connectivity index (χ2v) is 4.22. The first-order valence-corrected chi connectivity index (χ1v) is 6.35. The number of rotatable bonds is 4. The van der Waals surface area contributed by atoms with Gasteiger partial charge in [-0.25, -0.2) is 4.39 Å². The van der Waals surface area contributed by atoms with Crippen molar-refractivity contribution in [1.29, 1.82) is 0 Å². The van der Waals surface area contributed by atoms with Gasteiger partial charge in [0, 0.05) is 31.0 Å². The Balaban J connectivity index is 1.93. The van der Waals surface area contributed by atoms with Crippen LogP contribution in [0.25, 0.3) is 0 Å². The number of nitrogens with one attached hydrogen (secondary N) is 1. The molecule has 2 aromatic rings. The highest BCUT2D eigenvalue weighted by molar-refractivity contribution is 5.90. The van der Waals surface area contributed by atoms with Gasteiger partial charge in [-0.1, -0.05) is 11.8 Å². The molecule has 0 saturated carbocycles. The first kappa shape index (κ1) is 14.8. The van der Waals surface area contributed by atoms with Crippen LogP contribution >= 0.6 is 0 Å². The van der Waals surface area contributed by atoms with E-state index in [2.05, 4.69) is 22.3 Å². The third kappa shape index (κ3) is 4.44. The lowest BCUT2D eigenvalue weighted by Gasteiger charge is -2.06. The van der Waals surface area contributed by atoms with E-state index in [4.69, 9.17) is 5.11 Å². The highest BCUT2D eigenvalue weighted by Crippen LogP contribution is 2.14. The first-order chi connectivity index (χ1) is 10.2. The van der Waals surface area contributed by atoms with Crippen molar-refractivity contribution in [2.75, 3.05) is 11.9 Å². The molecule has 1 amide bonds. The Kier molecular flexibility index (Phi) is 5.07. The van der Waals surface area contributed by atoms with Crippen molar-refractivity contribution in [1.82, 2.24) is 9.78 Å². The molecule has 21 heavy (non-hydrogen) atoms. The predicted octanol–water partition coefficient (Wildman–Crippen LogP) is 1.39. The summed E-state index contributed by atoms with van der Waals surface area (Å²) >= 11 is 0. The Bertz CT molecular complexity index is 672. The standard InChI is InChI=1S/C15H14FN3O2/c16-14-11-13(5-4-12(14)3-1-10-20)18-15(21)6-9-19-8-2-7-17-19/h2,4-5,7-8,11,20H,6,9-10H2,(H,18,21). The van der Waals surface area contributed by atoms with Gasteiger partial charge in [0.25, 0.3) is 0 Å². The minimum atomic E-state index is -0.541. The quantitative estimate of drug-likeness (QED) is 0.835. The Morgan fingerprint density at radius 3 is 3.00 bits per heavy atom. The Morgan fingerprint density at radius 2 is 2.33 bits per heavy atom. The molecule has 0 aliphatic heterocycles. The summed E-state index contributed by atoms with van der Waals surface area (Å²) < 4.78 is 15.3. The van der Waals surface area contributed by atoms with E-state index in [1.807, 2.05) is 0 Å². The molecule has 0 bridgehead atoms. The molecule has 0 spiro atoms. The fourth-order valence-corrected chi connectivity index (χ4v) is 1.70. The van der Waals surface area contributed by atoms with E-state index in [9.17, 15) is 9.18 Å². The average Bonchev–Trinajstić information content (AvgIpc) is 2.98. The van der Waals surface area contributed by atoms with Crippen LogP contribution < -0.4 is 5.32 Å². The minimum Gasteiger partial charge on any atom is -0.384 e. The number of carbonyl (C=O) groups is 1. The number of benzene rings is 1. The molecule has 0 atom stereocenters. The number of aromatic nitrogens is 2. The highest BCUT2D eigenvalue weighted by atomic mass is 19.1. The van der Waals surface area contributed by atoms with Gasteiger partial charge in [-0.3, -0.25) is 9.48 Å². The van der Waals surface area contributed by atoms with E-state index in [1.165, 1.54) is 12.1 Å². The molecule has 0 radical (unpaired) electrons. The maximum Gasteiger partial charge on any atom is 0.226 e. The van der Waals surface area contributed by atoms with E-state index in [1.54, 1.807) is 29.2 Å². The molecule has 6 heteroatoms. The van der Waals surface area contributed by atoms with Crippen molar-refractivity contribution in [2.45, 2.75) is 13.0 Å². The topological polar surface area (TPSA) is 67.2 Å². The third-order valence-corrected chi connectivity index (χ3v) is 2.68. The molecule has 0 aliphatic carbocycles. The van der Waals surface area contributed by atoms with Gasteiger partial charge in [0.2, 0.25) is 5.91 Å². The van der Waals surface area contributed by atoms with Crippen molar-refractivity contribution in [3.8, 4) is 11.8 Å². The SMILES string of the molecule is O=C(CCn1cccn1)Nc1ccc(C#CCO)c(F)c1. The number of nitrogens with zero attached hydrogens (tertiary/aromatic N) is 2. The van der Waals surface area contributed by atoms with Crippen LogP contribution in [0.5, 0.6) is 0 Å². The van der Waals surface area contributed by atoms with Crippen LogP contribution in [0.1, 0.15) is 12.0 Å². The molecule has 1 aromatic heterocycles. The third-order valence-electron chi connectivity index (χ3n) is 2.68. The number of amides is 1. The van der Waals surface area contributed by atoms with Gasteiger partial charge in [0.05, 0.1) is 5.56 Å². The first-order valence-electron chi connectivity index (χ1n) is 6.35. The molecule has 2 N–H and O–H groups in total. The lowest BCUT2D eigenvalue weighted by atomic mass is 10.2. The molecule has 0 aliphatic rings. The molecule has 1 heterocycles. The second-order valence-electron chi connectivity index (χ2n) is 4.22. The summed E-state index contributed by atoms with van der Waals surface area (Å²) in [6.07, 6.45) is 3.65. The minimum absolute atomic E-state index is 0.179. The number of aliphatic hydroxyl groups is 1. The van der Waals surface area contributed by atoms with Gasteiger partial charge in [-0.05, 0) is 24.3 Å². The normalized spacial score (nSPS) is 9.81. The summed E-state index contributed by atoms with van der Waals surface area (Å²) in [5, 5.41) is 15.2. The van der Waals surface area contributed by atoms with Gasteiger partial charge < -0.3 is 10.4 Å². The number of aliphatic hydroxyl groups excluding tert-OH is 1. The fraction of sp³-hybridized carbons (Fsp3) is 0.200. The van der Waals surface area contributed by atoms with Crippen molar-refractivity contribution >= 4 is 11.6 Å². The van der Waals surface area contributed by atoms with Gasteiger partial charge in [0.1, 0.15) is 12.4 Å². The highest BCUT2D eigenvalue weighted by Gasteiger charge is 2.06. The van der Waals surface area contributed by atoms with E-state index >= 15 is 0 Å².